The molecule has 0 unspecified atom stereocenters. The molecule has 0 aliphatic rings. The number of ether oxygens (including phenoxy) is 1. The molecule has 0 spiro atoms. The molecule has 1 amide bonds. The lowest BCUT2D eigenvalue weighted by atomic mass is 10.1. The fourth-order valence-corrected chi connectivity index (χ4v) is 3.19. The molecule has 160 valence electrons. The molecule has 0 aliphatic heterocycles. The Morgan fingerprint density at radius 1 is 1.00 bits per heavy atom. The first-order chi connectivity index (χ1) is 15.5. The maximum absolute atomic E-state index is 13.0. The second-order valence-electron chi connectivity index (χ2n) is 6.96. The molecule has 0 atom stereocenters. The maximum atomic E-state index is 13.0. The molecular formula is C25H19N2O5-. The normalized spacial score (nSPS) is 11.3. The number of carbonyl (C=O) groups is 2. The van der Waals surface area contributed by atoms with Crippen molar-refractivity contribution in [3.8, 4) is 5.75 Å². The minimum absolute atomic E-state index is 0.0295. The predicted molar refractivity (Wildman–Crippen MR) is 116 cm³/mol. The summed E-state index contributed by atoms with van der Waals surface area (Å²) in [6.07, 6.45) is 0. The van der Waals surface area contributed by atoms with Crippen LogP contribution >= 0.6 is 0 Å². The van der Waals surface area contributed by atoms with Gasteiger partial charge in [0.05, 0.1) is 18.8 Å². The highest BCUT2D eigenvalue weighted by molar-refractivity contribution is 5.97. The molecule has 4 rings (SSSR count). The van der Waals surface area contributed by atoms with Gasteiger partial charge in [0.2, 0.25) is 5.55 Å². The summed E-state index contributed by atoms with van der Waals surface area (Å²) in [5.74, 6) is -1.13. The van der Waals surface area contributed by atoms with Crippen LogP contribution in [0, 0.1) is 0 Å². The number of amides is 1. The molecule has 1 aromatic heterocycles. The number of nitrogens with zero attached hydrogens (tertiary/aromatic N) is 1. The predicted octanol–water partition coefficient (Wildman–Crippen LogP) is 2.97. The SMILES string of the molecule is COc1cccc2cc(C(=O)NCc3ccccc3)c(=Nc3ccc(C(=O)[O-])cc3)oc12. The van der Waals surface area contributed by atoms with Gasteiger partial charge in [-0.3, -0.25) is 4.79 Å². The van der Waals surface area contributed by atoms with E-state index in [-0.39, 0.29) is 22.6 Å². The number of hydrogen-bond acceptors (Lipinski definition) is 6. The second-order valence-corrected chi connectivity index (χ2v) is 6.96. The van der Waals surface area contributed by atoms with Crippen LogP contribution in [-0.2, 0) is 6.54 Å². The van der Waals surface area contributed by atoms with Gasteiger partial charge < -0.3 is 24.4 Å². The lowest BCUT2D eigenvalue weighted by molar-refractivity contribution is -0.255. The van der Waals surface area contributed by atoms with Crippen molar-refractivity contribution >= 4 is 28.5 Å². The fourth-order valence-electron chi connectivity index (χ4n) is 3.19. The standard InChI is InChI=1S/C25H20N2O5/c1-31-21-9-5-8-18-14-20(23(28)26-15-16-6-3-2-4-7-16)24(32-22(18)21)27-19-12-10-17(11-13-19)25(29)30/h2-14H,15H2,1H3,(H,26,28)(H,29,30)/p-1. The Balaban J connectivity index is 1.79. The topological polar surface area (TPSA) is 104 Å². The van der Waals surface area contributed by atoms with Gasteiger partial charge in [0.15, 0.2) is 11.3 Å². The summed E-state index contributed by atoms with van der Waals surface area (Å²) in [5, 5.41) is 14.6. The third kappa shape index (κ3) is 4.52. The molecule has 1 N–H and O–H groups in total. The molecule has 0 aliphatic carbocycles. The van der Waals surface area contributed by atoms with Crippen LogP contribution in [-0.4, -0.2) is 19.0 Å². The van der Waals surface area contributed by atoms with Crippen LogP contribution in [0.4, 0.5) is 5.69 Å². The molecule has 0 radical (unpaired) electrons. The number of nitrogens with one attached hydrogen (secondary N) is 1. The van der Waals surface area contributed by atoms with E-state index in [9.17, 15) is 14.7 Å². The first-order valence-corrected chi connectivity index (χ1v) is 9.84. The van der Waals surface area contributed by atoms with Crippen molar-refractivity contribution in [1.29, 1.82) is 0 Å². The Bertz CT molecular complexity index is 1340. The number of aromatic carboxylic acids is 1. The largest absolute Gasteiger partial charge is 0.545 e. The van der Waals surface area contributed by atoms with Crippen molar-refractivity contribution in [2.24, 2.45) is 4.99 Å². The summed E-state index contributed by atoms with van der Waals surface area (Å²) in [4.78, 5) is 28.5. The molecule has 7 nitrogen and oxygen atoms in total. The minimum Gasteiger partial charge on any atom is -0.545 e. The van der Waals surface area contributed by atoms with Crippen LogP contribution in [0.25, 0.3) is 11.0 Å². The number of methoxy groups -OCH3 is 1. The molecule has 0 fully saturated rings. The molecule has 1 heterocycles. The summed E-state index contributed by atoms with van der Waals surface area (Å²) in [7, 11) is 1.53. The van der Waals surface area contributed by atoms with Crippen LogP contribution in [0.5, 0.6) is 5.75 Å². The van der Waals surface area contributed by atoms with Crippen LogP contribution in [0.3, 0.4) is 0 Å². The number of carboxylic acid groups (broad SMARTS) is 1. The molecule has 7 heteroatoms. The number of carbonyl (C=O) groups excluding carboxylic acids is 2. The average Bonchev–Trinajstić information content (AvgIpc) is 2.82. The first-order valence-electron chi connectivity index (χ1n) is 9.84. The summed E-state index contributed by atoms with van der Waals surface area (Å²) in [6.45, 7) is 0.343. The summed E-state index contributed by atoms with van der Waals surface area (Å²) < 4.78 is 11.4. The highest BCUT2D eigenvalue weighted by Crippen LogP contribution is 2.25. The van der Waals surface area contributed by atoms with E-state index >= 15 is 0 Å². The number of rotatable bonds is 6. The number of fused-ring (bicyclic) bond motifs is 1. The highest BCUT2D eigenvalue weighted by atomic mass is 16.5. The monoisotopic (exact) mass is 427 g/mol. The van der Waals surface area contributed by atoms with E-state index in [1.165, 1.54) is 31.4 Å². The van der Waals surface area contributed by atoms with Crippen molar-refractivity contribution in [3.63, 3.8) is 0 Å². The molecule has 0 saturated heterocycles. The quantitative estimate of drug-likeness (QED) is 0.510. The molecule has 3 aromatic carbocycles. The Morgan fingerprint density at radius 3 is 2.44 bits per heavy atom. The highest BCUT2D eigenvalue weighted by Gasteiger charge is 2.14. The lowest BCUT2D eigenvalue weighted by Gasteiger charge is -2.09. The number of hydrogen-bond donors (Lipinski definition) is 1. The van der Waals surface area contributed by atoms with Crippen molar-refractivity contribution < 1.29 is 23.8 Å². The van der Waals surface area contributed by atoms with Crippen LogP contribution in [0.2, 0.25) is 0 Å². The Morgan fingerprint density at radius 2 is 1.75 bits per heavy atom. The van der Waals surface area contributed by atoms with Crippen LogP contribution in [0.1, 0.15) is 26.3 Å². The Kier molecular flexibility index (Phi) is 5.98. The van der Waals surface area contributed by atoms with Gasteiger partial charge >= 0.3 is 0 Å². The van der Waals surface area contributed by atoms with E-state index in [1.807, 2.05) is 36.4 Å². The molecule has 4 aromatic rings. The Labute approximate surface area is 183 Å². The smallest absolute Gasteiger partial charge is 0.257 e. The summed E-state index contributed by atoms with van der Waals surface area (Å²) in [5.41, 5.74) is 2.17. The van der Waals surface area contributed by atoms with Gasteiger partial charge in [-0.15, -0.1) is 0 Å². The zero-order valence-corrected chi connectivity index (χ0v) is 17.2. The maximum Gasteiger partial charge on any atom is 0.257 e. The van der Waals surface area contributed by atoms with Gasteiger partial charge in [-0.2, -0.15) is 0 Å². The molecule has 0 saturated carbocycles. The zero-order valence-electron chi connectivity index (χ0n) is 17.2. The average molecular weight is 427 g/mol. The van der Waals surface area contributed by atoms with E-state index in [0.29, 0.717) is 29.0 Å². The fraction of sp³-hybridized carbons (Fsp3) is 0.0800. The van der Waals surface area contributed by atoms with E-state index < -0.39 is 5.97 Å². The van der Waals surface area contributed by atoms with Gasteiger partial charge in [-0.25, -0.2) is 4.99 Å². The number of carboxylic acids is 1. The van der Waals surface area contributed by atoms with Crippen LogP contribution < -0.4 is 20.7 Å². The third-order valence-corrected chi connectivity index (χ3v) is 4.83. The van der Waals surface area contributed by atoms with Crippen molar-refractivity contribution in [3.05, 3.63) is 101 Å². The van der Waals surface area contributed by atoms with Crippen molar-refractivity contribution in [1.82, 2.24) is 5.32 Å². The summed E-state index contributed by atoms with van der Waals surface area (Å²) >= 11 is 0. The van der Waals surface area contributed by atoms with Gasteiger partial charge in [0.25, 0.3) is 5.91 Å². The van der Waals surface area contributed by atoms with E-state index in [2.05, 4.69) is 10.3 Å². The number of benzene rings is 3. The van der Waals surface area contributed by atoms with Gasteiger partial charge in [-0.1, -0.05) is 54.6 Å². The lowest BCUT2D eigenvalue weighted by Crippen LogP contribution is -2.28. The van der Waals surface area contributed by atoms with Gasteiger partial charge in [0, 0.05) is 11.9 Å². The minimum atomic E-state index is -1.28. The van der Waals surface area contributed by atoms with E-state index in [0.717, 1.165) is 5.56 Å². The van der Waals surface area contributed by atoms with E-state index in [1.54, 1.807) is 18.2 Å². The third-order valence-electron chi connectivity index (χ3n) is 4.83. The molecule has 0 bridgehead atoms. The number of para-hydroxylation sites is 1. The Hall–Kier alpha value is -4.39. The first kappa shape index (κ1) is 20.9. The molecular weight excluding hydrogens is 408 g/mol. The molecule has 32 heavy (non-hydrogen) atoms. The van der Waals surface area contributed by atoms with Gasteiger partial charge in [-0.05, 0) is 35.4 Å². The summed E-state index contributed by atoms with van der Waals surface area (Å²) in [6, 6.07) is 22.4. The van der Waals surface area contributed by atoms with Crippen LogP contribution in [0.15, 0.2) is 88.3 Å². The van der Waals surface area contributed by atoms with Gasteiger partial charge in [0.1, 0.15) is 5.56 Å². The van der Waals surface area contributed by atoms with E-state index in [4.69, 9.17) is 9.15 Å². The second kappa shape index (κ2) is 9.18. The zero-order chi connectivity index (χ0) is 22.5. The van der Waals surface area contributed by atoms with Crippen molar-refractivity contribution in [2.75, 3.05) is 7.11 Å². The van der Waals surface area contributed by atoms with Crippen molar-refractivity contribution in [2.45, 2.75) is 6.54 Å².